The van der Waals surface area contributed by atoms with Crippen molar-refractivity contribution in [3.63, 3.8) is 0 Å². The van der Waals surface area contributed by atoms with E-state index in [1.165, 1.54) is 11.2 Å². The minimum atomic E-state index is -0.713. The molecule has 1 aliphatic heterocycles. The first-order valence-corrected chi connectivity index (χ1v) is 8.71. The molecule has 6 heteroatoms. The van der Waals surface area contributed by atoms with Gasteiger partial charge in [-0.25, -0.2) is 9.78 Å². The molecular formula is C19H21N3O3. The van der Waals surface area contributed by atoms with Crippen LogP contribution in [0.3, 0.4) is 0 Å². The third-order valence-electron chi connectivity index (χ3n) is 5.27. The van der Waals surface area contributed by atoms with Gasteiger partial charge in [-0.1, -0.05) is 25.1 Å². The number of hydrogen-bond donors (Lipinski definition) is 1. The summed E-state index contributed by atoms with van der Waals surface area (Å²) in [5.74, 6) is 0.964. The van der Waals surface area contributed by atoms with Crippen LogP contribution in [0.15, 0.2) is 41.0 Å². The number of rotatable bonds is 3. The second-order valence-corrected chi connectivity index (χ2v) is 7.10. The lowest BCUT2D eigenvalue weighted by atomic mass is 9.77. The zero-order chi connectivity index (χ0) is 17.4. The summed E-state index contributed by atoms with van der Waals surface area (Å²) in [6, 6.07) is 9.21. The number of aromatic nitrogens is 1. The van der Waals surface area contributed by atoms with E-state index in [9.17, 15) is 9.59 Å². The van der Waals surface area contributed by atoms with Crippen LogP contribution in [0.1, 0.15) is 38.3 Å². The largest absolute Gasteiger partial charge is 0.444 e. The third-order valence-corrected chi connectivity index (χ3v) is 5.27. The Hall–Kier alpha value is -2.63. The molecule has 0 atom stereocenters. The molecule has 1 saturated heterocycles. The molecule has 0 bridgehead atoms. The van der Waals surface area contributed by atoms with Gasteiger partial charge in [0.05, 0.1) is 12.2 Å². The van der Waals surface area contributed by atoms with E-state index in [1.54, 1.807) is 0 Å². The average Bonchev–Trinajstić information content (AvgIpc) is 3.18. The summed E-state index contributed by atoms with van der Waals surface area (Å²) >= 11 is 0. The van der Waals surface area contributed by atoms with Crippen molar-refractivity contribution in [2.24, 2.45) is 5.92 Å². The van der Waals surface area contributed by atoms with Crippen molar-refractivity contribution in [2.75, 3.05) is 0 Å². The summed E-state index contributed by atoms with van der Waals surface area (Å²) < 4.78 is 5.50. The predicted molar refractivity (Wildman–Crippen MR) is 91.4 cm³/mol. The lowest BCUT2D eigenvalue weighted by Gasteiger charge is -2.33. The molecule has 2 heterocycles. The van der Waals surface area contributed by atoms with Gasteiger partial charge in [0.1, 0.15) is 11.8 Å². The van der Waals surface area contributed by atoms with E-state index >= 15 is 0 Å². The molecule has 0 radical (unpaired) electrons. The van der Waals surface area contributed by atoms with Crippen LogP contribution >= 0.6 is 0 Å². The molecule has 1 spiro atoms. The zero-order valence-electron chi connectivity index (χ0n) is 14.2. The number of carbonyl (C=O) groups excluding carboxylic acids is 2. The maximum Gasteiger partial charge on any atom is 0.325 e. The summed E-state index contributed by atoms with van der Waals surface area (Å²) in [6.07, 6.45) is 4.85. The molecule has 3 amide bonds. The standard InChI is InChI=1S/C19H21N3O3/c1-13-7-9-19(10-8-13)17(23)22(18(24)21-19)11-15-12-25-16(20-15)14-5-3-2-4-6-14/h2-6,12-13H,7-11H2,1H3,(H,21,24). The second kappa shape index (κ2) is 6.02. The highest BCUT2D eigenvalue weighted by molar-refractivity contribution is 6.07. The molecule has 0 unspecified atom stereocenters. The summed E-state index contributed by atoms with van der Waals surface area (Å²) in [4.78, 5) is 30.9. The molecule has 25 heavy (non-hydrogen) atoms. The van der Waals surface area contributed by atoms with Gasteiger partial charge in [-0.2, -0.15) is 0 Å². The highest BCUT2D eigenvalue weighted by Crippen LogP contribution is 2.36. The summed E-state index contributed by atoms with van der Waals surface area (Å²) in [5, 5.41) is 2.93. The van der Waals surface area contributed by atoms with E-state index in [-0.39, 0.29) is 18.5 Å². The van der Waals surface area contributed by atoms with Crippen molar-refractivity contribution >= 4 is 11.9 Å². The van der Waals surface area contributed by atoms with E-state index in [2.05, 4.69) is 17.2 Å². The SMILES string of the molecule is CC1CCC2(CC1)NC(=O)N(Cc1coc(-c3ccccc3)n1)C2=O. The van der Waals surface area contributed by atoms with E-state index in [0.717, 1.165) is 18.4 Å². The Labute approximate surface area is 146 Å². The second-order valence-electron chi connectivity index (χ2n) is 7.10. The van der Waals surface area contributed by atoms with Crippen LogP contribution in [0.2, 0.25) is 0 Å². The fraction of sp³-hybridized carbons (Fsp3) is 0.421. The van der Waals surface area contributed by atoms with Crippen LogP contribution in [0, 0.1) is 5.92 Å². The van der Waals surface area contributed by atoms with Gasteiger partial charge in [-0.05, 0) is 43.7 Å². The molecular weight excluding hydrogens is 318 g/mol. The summed E-state index contributed by atoms with van der Waals surface area (Å²) in [7, 11) is 0. The Morgan fingerprint density at radius 1 is 1.24 bits per heavy atom. The number of amides is 3. The highest BCUT2D eigenvalue weighted by atomic mass is 16.3. The molecule has 1 aliphatic carbocycles. The van der Waals surface area contributed by atoms with Crippen molar-refractivity contribution < 1.29 is 14.0 Å². The number of carbonyl (C=O) groups is 2. The van der Waals surface area contributed by atoms with Gasteiger partial charge in [0.25, 0.3) is 5.91 Å². The molecule has 4 rings (SSSR count). The van der Waals surface area contributed by atoms with Crippen molar-refractivity contribution in [2.45, 2.75) is 44.7 Å². The Kier molecular flexibility index (Phi) is 3.82. The minimum Gasteiger partial charge on any atom is -0.444 e. The maximum absolute atomic E-state index is 12.9. The van der Waals surface area contributed by atoms with Gasteiger partial charge in [0.15, 0.2) is 0 Å². The maximum atomic E-state index is 12.9. The van der Waals surface area contributed by atoms with E-state index in [0.29, 0.717) is 30.3 Å². The van der Waals surface area contributed by atoms with Gasteiger partial charge in [0, 0.05) is 5.56 Å². The fourth-order valence-electron chi connectivity index (χ4n) is 3.67. The molecule has 2 aromatic rings. The van der Waals surface area contributed by atoms with Gasteiger partial charge in [-0.15, -0.1) is 0 Å². The third kappa shape index (κ3) is 2.81. The lowest BCUT2D eigenvalue weighted by Crippen LogP contribution is -2.49. The number of nitrogens with zero attached hydrogens (tertiary/aromatic N) is 2. The average molecular weight is 339 g/mol. The van der Waals surface area contributed by atoms with Crippen molar-refractivity contribution in [3.8, 4) is 11.5 Å². The van der Waals surface area contributed by atoms with E-state index < -0.39 is 5.54 Å². The first kappa shape index (κ1) is 15.9. The first-order valence-electron chi connectivity index (χ1n) is 8.71. The van der Waals surface area contributed by atoms with Crippen LogP contribution in [0.4, 0.5) is 4.79 Å². The van der Waals surface area contributed by atoms with Crippen molar-refractivity contribution in [1.29, 1.82) is 0 Å². The number of hydrogen-bond acceptors (Lipinski definition) is 4. The first-order chi connectivity index (χ1) is 12.1. The normalized spacial score (nSPS) is 26.3. The molecule has 6 nitrogen and oxygen atoms in total. The van der Waals surface area contributed by atoms with Crippen molar-refractivity contribution in [3.05, 3.63) is 42.3 Å². The number of nitrogens with one attached hydrogen (secondary N) is 1. The highest BCUT2D eigenvalue weighted by Gasteiger charge is 2.52. The number of oxazole rings is 1. The van der Waals surface area contributed by atoms with Crippen LogP contribution in [-0.4, -0.2) is 27.4 Å². The fourth-order valence-corrected chi connectivity index (χ4v) is 3.67. The monoisotopic (exact) mass is 339 g/mol. The van der Waals surface area contributed by atoms with Crippen LogP contribution in [0.5, 0.6) is 0 Å². The Morgan fingerprint density at radius 2 is 1.96 bits per heavy atom. The molecule has 2 fully saturated rings. The molecule has 2 aliphatic rings. The molecule has 130 valence electrons. The number of benzene rings is 1. The molecule has 1 saturated carbocycles. The summed E-state index contributed by atoms with van der Waals surface area (Å²) in [6.45, 7) is 2.32. The Bertz CT molecular complexity index is 791. The zero-order valence-corrected chi connectivity index (χ0v) is 14.2. The van der Waals surface area contributed by atoms with Gasteiger partial charge < -0.3 is 9.73 Å². The van der Waals surface area contributed by atoms with Gasteiger partial charge in [0.2, 0.25) is 5.89 Å². The Balaban J connectivity index is 1.51. The van der Waals surface area contributed by atoms with Crippen LogP contribution in [0.25, 0.3) is 11.5 Å². The Morgan fingerprint density at radius 3 is 2.68 bits per heavy atom. The minimum absolute atomic E-state index is 0.131. The quantitative estimate of drug-likeness (QED) is 0.870. The van der Waals surface area contributed by atoms with Gasteiger partial charge in [-0.3, -0.25) is 9.69 Å². The molecule has 1 aromatic heterocycles. The predicted octanol–water partition coefficient (Wildman–Crippen LogP) is 3.34. The summed E-state index contributed by atoms with van der Waals surface area (Å²) in [5.41, 5.74) is 0.725. The number of imide groups is 1. The van der Waals surface area contributed by atoms with Crippen LogP contribution < -0.4 is 5.32 Å². The van der Waals surface area contributed by atoms with Gasteiger partial charge >= 0.3 is 6.03 Å². The van der Waals surface area contributed by atoms with Crippen molar-refractivity contribution in [1.82, 2.24) is 15.2 Å². The van der Waals surface area contributed by atoms with E-state index in [4.69, 9.17) is 4.42 Å². The van der Waals surface area contributed by atoms with E-state index in [1.807, 2.05) is 30.3 Å². The lowest BCUT2D eigenvalue weighted by molar-refractivity contribution is -0.133. The smallest absolute Gasteiger partial charge is 0.325 e. The van der Waals surface area contributed by atoms with Crippen LogP contribution in [-0.2, 0) is 11.3 Å². The molecule has 1 aromatic carbocycles. The number of urea groups is 1. The molecule has 1 N–H and O–H groups in total. The topological polar surface area (TPSA) is 75.4 Å².